The van der Waals surface area contributed by atoms with E-state index in [2.05, 4.69) is 0 Å². The molecular weight excluding hydrogens is 312 g/mol. The lowest BCUT2D eigenvalue weighted by molar-refractivity contribution is 0.0982. The van der Waals surface area contributed by atoms with E-state index >= 15 is 0 Å². The molecule has 0 aliphatic carbocycles. The molecule has 0 aliphatic rings. The van der Waals surface area contributed by atoms with Crippen molar-refractivity contribution in [2.24, 2.45) is 0 Å². The number of aliphatic hydroxyl groups excluding tert-OH is 1. The minimum Gasteiger partial charge on any atom is -0.507 e. The Morgan fingerprint density at radius 1 is 1.04 bits per heavy atom. The van der Waals surface area contributed by atoms with Gasteiger partial charge in [0.05, 0.1) is 10.4 Å². The molecule has 0 spiro atoms. The molecule has 116 valence electrons. The second-order valence-corrected chi connectivity index (χ2v) is 5.90. The van der Waals surface area contributed by atoms with Crippen LogP contribution in [-0.2, 0) is 0 Å². The van der Waals surface area contributed by atoms with Crippen LogP contribution in [0.3, 0.4) is 0 Å². The molecule has 3 aromatic rings. The first kappa shape index (κ1) is 15.3. The Bertz CT molecular complexity index is 824. The average molecular weight is 326 g/mol. The Morgan fingerprint density at radius 3 is 2.52 bits per heavy atom. The number of phenolic OH excluding ortho intramolecular Hbond substituents is 1. The van der Waals surface area contributed by atoms with Crippen LogP contribution < -0.4 is 4.74 Å². The summed E-state index contributed by atoms with van der Waals surface area (Å²) in [4.78, 5) is 14.1. The molecule has 0 radical (unpaired) electrons. The fourth-order valence-corrected chi connectivity index (χ4v) is 3.18. The molecule has 0 saturated heterocycles. The summed E-state index contributed by atoms with van der Waals surface area (Å²) in [6.45, 7) is -0.488. The van der Waals surface area contributed by atoms with Crippen LogP contribution in [-0.4, -0.2) is 22.8 Å². The highest BCUT2D eigenvalue weighted by Gasteiger charge is 2.16. The fraction of sp³-hybridized carbons (Fsp3) is 0.0556. The fourth-order valence-electron chi connectivity index (χ4n) is 2.22. The maximum Gasteiger partial charge on any atom is 0.206 e. The van der Waals surface area contributed by atoms with Crippen molar-refractivity contribution in [3.63, 3.8) is 0 Å². The topological polar surface area (TPSA) is 66.8 Å². The van der Waals surface area contributed by atoms with Gasteiger partial charge in [0.1, 0.15) is 11.5 Å². The van der Waals surface area contributed by atoms with Crippen molar-refractivity contribution in [1.82, 2.24) is 0 Å². The molecule has 3 rings (SSSR count). The lowest BCUT2D eigenvalue weighted by Crippen LogP contribution is -2.00. The SMILES string of the molecule is O=C(c1ccc(-c2ccccc2)s1)c1ccc(OCO)cc1O. The number of hydrogen-bond acceptors (Lipinski definition) is 5. The van der Waals surface area contributed by atoms with Crippen molar-refractivity contribution in [1.29, 1.82) is 0 Å². The van der Waals surface area contributed by atoms with Crippen molar-refractivity contribution in [2.75, 3.05) is 6.79 Å². The van der Waals surface area contributed by atoms with Crippen molar-refractivity contribution < 1.29 is 19.7 Å². The number of aromatic hydroxyl groups is 1. The van der Waals surface area contributed by atoms with E-state index in [1.54, 1.807) is 6.07 Å². The molecule has 0 amide bonds. The summed E-state index contributed by atoms with van der Waals surface area (Å²) in [5, 5.41) is 18.7. The number of carbonyl (C=O) groups excluding carboxylic acids is 1. The van der Waals surface area contributed by atoms with Crippen molar-refractivity contribution in [3.8, 4) is 21.9 Å². The monoisotopic (exact) mass is 326 g/mol. The molecule has 1 heterocycles. The van der Waals surface area contributed by atoms with E-state index in [1.165, 1.54) is 29.5 Å². The zero-order valence-corrected chi connectivity index (χ0v) is 12.9. The highest BCUT2D eigenvalue weighted by atomic mass is 32.1. The predicted molar refractivity (Wildman–Crippen MR) is 89.0 cm³/mol. The summed E-state index contributed by atoms with van der Waals surface area (Å²) in [7, 11) is 0. The maximum atomic E-state index is 12.5. The van der Waals surface area contributed by atoms with Gasteiger partial charge in [-0.15, -0.1) is 11.3 Å². The number of benzene rings is 2. The van der Waals surface area contributed by atoms with Crippen LogP contribution in [0.2, 0.25) is 0 Å². The Balaban J connectivity index is 1.88. The predicted octanol–water partition coefficient (Wildman–Crippen LogP) is 3.68. The molecule has 1 aromatic heterocycles. The van der Waals surface area contributed by atoms with Gasteiger partial charge in [0.25, 0.3) is 0 Å². The molecule has 2 aromatic carbocycles. The first-order valence-corrected chi connectivity index (χ1v) is 7.77. The zero-order valence-electron chi connectivity index (χ0n) is 12.1. The van der Waals surface area contributed by atoms with Gasteiger partial charge in [0, 0.05) is 10.9 Å². The number of hydrogen-bond donors (Lipinski definition) is 2. The molecule has 0 bridgehead atoms. The summed E-state index contributed by atoms with van der Waals surface area (Å²) in [5.74, 6) is -0.112. The molecule has 0 unspecified atom stereocenters. The van der Waals surface area contributed by atoms with Crippen molar-refractivity contribution >= 4 is 17.1 Å². The third kappa shape index (κ3) is 3.26. The van der Waals surface area contributed by atoms with Gasteiger partial charge in [-0.25, -0.2) is 0 Å². The summed E-state index contributed by atoms with van der Waals surface area (Å²) >= 11 is 1.38. The highest BCUT2D eigenvalue weighted by Crippen LogP contribution is 2.32. The molecule has 0 saturated carbocycles. The van der Waals surface area contributed by atoms with Crippen molar-refractivity contribution in [2.45, 2.75) is 0 Å². The van der Waals surface area contributed by atoms with Gasteiger partial charge in [-0.2, -0.15) is 0 Å². The molecule has 0 atom stereocenters. The standard InChI is InChI=1S/C18H14O4S/c19-11-22-13-6-7-14(15(20)10-13)18(21)17-9-8-16(23-17)12-4-2-1-3-5-12/h1-10,19-20H,11H2. The molecule has 2 N–H and O–H groups in total. The number of phenols is 1. The third-order valence-corrected chi connectivity index (χ3v) is 4.47. The van der Waals surface area contributed by atoms with Gasteiger partial charge in [-0.1, -0.05) is 30.3 Å². The Labute approximate surface area is 137 Å². The van der Waals surface area contributed by atoms with Crippen LogP contribution in [0, 0.1) is 0 Å². The second-order valence-electron chi connectivity index (χ2n) is 4.81. The van der Waals surface area contributed by atoms with Crippen LogP contribution in [0.15, 0.2) is 60.7 Å². The number of thiophene rings is 1. The van der Waals surface area contributed by atoms with E-state index in [0.29, 0.717) is 10.6 Å². The molecule has 0 fully saturated rings. The van der Waals surface area contributed by atoms with Gasteiger partial charge >= 0.3 is 0 Å². The highest BCUT2D eigenvalue weighted by molar-refractivity contribution is 7.17. The minimum atomic E-state index is -0.488. The number of aliphatic hydroxyl groups is 1. The second kappa shape index (κ2) is 6.64. The number of carbonyl (C=O) groups is 1. The normalized spacial score (nSPS) is 10.5. The first-order chi connectivity index (χ1) is 11.2. The van der Waals surface area contributed by atoms with E-state index in [1.807, 2.05) is 36.4 Å². The molecule has 23 heavy (non-hydrogen) atoms. The van der Waals surface area contributed by atoms with E-state index in [0.717, 1.165) is 10.4 Å². The van der Waals surface area contributed by atoms with E-state index in [-0.39, 0.29) is 17.1 Å². The number of ether oxygens (including phenoxy) is 1. The Kier molecular flexibility index (Phi) is 4.41. The minimum absolute atomic E-state index is 0.171. The van der Waals surface area contributed by atoms with E-state index < -0.39 is 6.79 Å². The zero-order chi connectivity index (χ0) is 16.2. The van der Waals surface area contributed by atoms with Gasteiger partial charge in [0.15, 0.2) is 6.79 Å². The van der Waals surface area contributed by atoms with E-state index in [9.17, 15) is 9.90 Å². The lowest BCUT2D eigenvalue weighted by Gasteiger charge is -2.06. The van der Waals surface area contributed by atoms with Gasteiger partial charge in [0.2, 0.25) is 5.78 Å². The van der Waals surface area contributed by atoms with Crippen molar-refractivity contribution in [3.05, 3.63) is 71.1 Å². The number of ketones is 1. The van der Waals surface area contributed by atoms with Gasteiger partial charge in [-0.05, 0) is 29.8 Å². The van der Waals surface area contributed by atoms with E-state index in [4.69, 9.17) is 9.84 Å². The van der Waals surface area contributed by atoms with Crippen LogP contribution in [0.1, 0.15) is 15.2 Å². The van der Waals surface area contributed by atoms with Gasteiger partial charge in [-0.3, -0.25) is 4.79 Å². The third-order valence-electron chi connectivity index (χ3n) is 3.33. The first-order valence-electron chi connectivity index (χ1n) is 6.95. The summed E-state index contributed by atoms with van der Waals surface area (Å²) in [5.41, 5.74) is 1.25. The average Bonchev–Trinajstić information content (AvgIpc) is 3.06. The molecular formula is C18H14O4S. The Morgan fingerprint density at radius 2 is 1.83 bits per heavy atom. The summed E-state index contributed by atoms with van der Waals surface area (Å²) < 4.78 is 4.88. The Hall–Kier alpha value is -2.63. The van der Waals surface area contributed by atoms with Crippen LogP contribution in [0.5, 0.6) is 11.5 Å². The smallest absolute Gasteiger partial charge is 0.206 e. The maximum absolute atomic E-state index is 12.5. The largest absolute Gasteiger partial charge is 0.507 e. The van der Waals surface area contributed by atoms with Gasteiger partial charge < -0.3 is 14.9 Å². The van der Waals surface area contributed by atoms with Crippen LogP contribution in [0.4, 0.5) is 0 Å². The summed E-state index contributed by atoms with van der Waals surface area (Å²) in [6.07, 6.45) is 0. The summed E-state index contributed by atoms with van der Waals surface area (Å²) in [6, 6.07) is 17.8. The molecule has 5 heteroatoms. The van der Waals surface area contributed by atoms with Crippen LogP contribution in [0.25, 0.3) is 10.4 Å². The molecule has 4 nitrogen and oxygen atoms in total. The lowest BCUT2D eigenvalue weighted by atomic mass is 10.1. The quantitative estimate of drug-likeness (QED) is 0.554. The molecule has 0 aliphatic heterocycles. The van der Waals surface area contributed by atoms with Crippen LogP contribution >= 0.6 is 11.3 Å². The number of rotatable bonds is 5.